The number of unbranched alkanes of at least 4 members (excludes halogenated alkanes) is 1. The summed E-state index contributed by atoms with van der Waals surface area (Å²) in [5.41, 5.74) is 3.98. The van der Waals surface area contributed by atoms with E-state index in [0.29, 0.717) is 34.8 Å². The van der Waals surface area contributed by atoms with Crippen molar-refractivity contribution in [2.75, 3.05) is 13.2 Å². The predicted molar refractivity (Wildman–Crippen MR) is 150 cm³/mol. The van der Waals surface area contributed by atoms with Crippen molar-refractivity contribution >= 4 is 34.8 Å². The van der Waals surface area contributed by atoms with E-state index in [1.54, 1.807) is 60.7 Å². The zero-order valence-corrected chi connectivity index (χ0v) is 21.6. The zero-order chi connectivity index (χ0) is 27.5. The van der Waals surface area contributed by atoms with E-state index in [-0.39, 0.29) is 12.5 Å². The number of nitrogens with zero attached hydrogens (tertiary/aromatic N) is 1. The number of hydrazone groups is 1. The first-order valence-corrected chi connectivity index (χ1v) is 12.7. The molecule has 0 fully saturated rings. The topological polar surface area (TPSA) is 106 Å². The second kappa shape index (κ2) is 13.5. The molecule has 0 radical (unpaired) electrons. The molecule has 0 bridgehead atoms. The number of amides is 2. The van der Waals surface area contributed by atoms with E-state index in [9.17, 15) is 14.4 Å². The van der Waals surface area contributed by atoms with Gasteiger partial charge in [-0.1, -0.05) is 49.7 Å². The molecule has 0 unspecified atom stereocenters. The molecule has 4 rings (SSSR count). The Bertz CT molecular complexity index is 1460. The van der Waals surface area contributed by atoms with E-state index in [1.807, 2.05) is 30.3 Å². The molecule has 0 spiro atoms. The fourth-order valence-electron chi connectivity index (χ4n) is 3.71. The Hall–Kier alpha value is -4.98. The van der Waals surface area contributed by atoms with Crippen molar-refractivity contribution in [3.63, 3.8) is 0 Å². The number of carbonyl (C=O) groups excluding carboxylic acids is 3. The first-order chi connectivity index (χ1) is 19.0. The summed E-state index contributed by atoms with van der Waals surface area (Å²) >= 11 is 0. The molecule has 4 aromatic rings. The van der Waals surface area contributed by atoms with Crippen LogP contribution in [-0.2, 0) is 4.79 Å². The number of fused-ring (bicyclic) bond motifs is 1. The smallest absolute Gasteiger partial charge is 0.343 e. The van der Waals surface area contributed by atoms with Crippen LogP contribution in [0.5, 0.6) is 11.5 Å². The molecule has 0 atom stereocenters. The molecule has 2 amide bonds. The van der Waals surface area contributed by atoms with Crippen LogP contribution in [0.3, 0.4) is 0 Å². The van der Waals surface area contributed by atoms with Gasteiger partial charge >= 0.3 is 5.97 Å². The third kappa shape index (κ3) is 7.75. The van der Waals surface area contributed by atoms with Crippen LogP contribution in [0.25, 0.3) is 10.8 Å². The Morgan fingerprint density at radius 2 is 1.56 bits per heavy atom. The van der Waals surface area contributed by atoms with Gasteiger partial charge in [-0.2, -0.15) is 5.10 Å². The average Bonchev–Trinajstić information content (AvgIpc) is 2.97. The van der Waals surface area contributed by atoms with Crippen molar-refractivity contribution in [1.29, 1.82) is 0 Å². The molecule has 0 aromatic heterocycles. The van der Waals surface area contributed by atoms with E-state index in [1.165, 1.54) is 6.21 Å². The number of esters is 1. The summed E-state index contributed by atoms with van der Waals surface area (Å²) in [5, 5.41) is 8.29. The summed E-state index contributed by atoms with van der Waals surface area (Å²) in [4.78, 5) is 37.1. The molecule has 0 aliphatic heterocycles. The summed E-state index contributed by atoms with van der Waals surface area (Å²) < 4.78 is 11.0. The van der Waals surface area contributed by atoms with Crippen LogP contribution >= 0.6 is 0 Å². The fourth-order valence-corrected chi connectivity index (χ4v) is 3.71. The van der Waals surface area contributed by atoms with Crippen LogP contribution in [0.1, 0.15) is 46.0 Å². The van der Waals surface area contributed by atoms with Gasteiger partial charge in [0, 0.05) is 5.56 Å². The number of benzene rings is 4. The monoisotopic (exact) mass is 523 g/mol. The van der Waals surface area contributed by atoms with Crippen LogP contribution in [-0.4, -0.2) is 37.1 Å². The largest absolute Gasteiger partial charge is 0.494 e. The molecule has 39 heavy (non-hydrogen) atoms. The van der Waals surface area contributed by atoms with Gasteiger partial charge in [-0.05, 0) is 77.4 Å². The Morgan fingerprint density at radius 1 is 0.846 bits per heavy atom. The Morgan fingerprint density at radius 3 is 2.33 bits per heavy atom. The molecule has 0 saturated heterocycles. The van der Waals surface area contributed by atoms with E-state index >= 15 is 0 Å². The number of hydrogen-bond donors (Lipinski definition) is 2. The third-order valence-corrected chi connectivity index (χ3v) is 5.79. The highest BCUT2D eigenvalue weighted by Crippen LogP contribution is 2.19. The SMILES string of the molecule is CCCCOc1ccc(C(=O)Oc2ccc(/C=N\NC(=O)CNC(=O)c3cccc4ccccc34)cc2)cc1. The number of carbonyl (C=O) groups is 3. The maximum atomic E-state index is 12.5. The lowest BCUT2D eigenvalue weighted by atomic mass is 10.0. The first kappa shape index (κ1) is 27.1. The van der Waals surface area contributed by atoms with Gasteiger partial charge in [0.1, 0.15) is 11.5 Å². The van der Waals surface area contributed by atoms with Crippen molar-refractivity contribution in [3.05, 3.63) is 108 Å². The quantitative estimate of drug-likeness (QED) is 0.0934. The van der Waals surface area contributed by atoms with Gasteiger partial charge in [0.15, 0.2) is 0 Å². The minimum atomic E-state index is -0.477. The van der Waals surface area contributed by atoms with E-state index in [0.717, 1.165) is 23.6 Å². The van der Waals surface area contributed by atoms with Crippen LogP contribution in [0, 0.1) is 0 Å². The highest BCUT2D eigenvalue weighted by Gasteiger charge is 2.11. The van der Waals surface area contributed by atoms with Crippen molar-refractivity contribution in [2.45, 2.75) is 19.8 Å². The van der Waals surface area contributed by atoms with Crippen LogP contribution < -0.4 is 20.2 Å². The number of nitrogens with one attached hydrogen (secondary N) is 2. The maximum Gasteiger partial charge on any atom is 0.343 e. The maximum absolute atomic E-state index is 12.5. The second-order valence-corrected chi connectivity index (χ2v) is 8.69. The summed E-state index contributed by atoms with van der Waals surface area (Å²) in [5.74, 6) is -0.197. The minimum absolute atomic E-state index is 0.222. The Balaban J connectivity index is 1.22. The van der Waals surface area contributed by atoms with Gasteiger partial charge in [0.05, 0.1) is 24.9 Å². The number of ether oxygens (including phenoxy) is 2. The minimum Gasteiger partial charge on any atom is -0.494 e. The molecule has 0 heterocycles. The van der Waals surface area contributed by atoms with Gasteiger partial charge in [-0.3, -0.25) is 9.59 Å². The van der Waals surface area contributed by atoms with Gasteiger partial charge in [-0.15, -0.1) is 0 Å². The molecule has 4 aromatic carbocycles. The van der Waals surface area contributed by atoms with Gasteiger partial charge < -0.3 is 14.8 Å². The molecule has 8 heteroatoms. The molecule has 0 aliphatic carbocycles. The second-order valence-electron chi connectivity index (χ2n) is 8.69. The van der Waals surface area contributed by atoms with E-state index in [4.69, 9.17) is 9.47 Å². The lowest BCUT2D eigenvalue weighted by molar-refractivity contribution is -0.120. The van der Waals surface area contributed by atoms with Crippen molar-refractivity contribution in [2.24, 2.45) is 5.10 Å². The van der Waals surface area contributed by atoms with E-state index in [2.05, 4.69) is 22.8 Å². The number of rotatable bonds is 11. The van der Waals surface area contributed by atoms with Crippen LogP contribution in [0.15, 0.2) is 96.1 Å². The average molecular weight is 524 g/mol. The molecular formula is C31H29N3O5. The van der Waals surface area contributed by atoms with E-state index < -0.39 is 11.9 Å². The summed E-state index contributed by atoms with van der Waals surface area (Å²) in [7, 11) is 0. The number of hydrogen-bond acceptors (Lipinski definition) is 6. The highest BCUT2D eigenvalue weighted by atomic mass is 16.5. The fraction of sp³-hybridized carbons (Fsp3) is 0.161. The lowest BCUT2D eigenvalue weighted by Gasteiger charge is -2.07. The van der Waals surface area contributed by atoms with Crippen molar-refractivity contribution in [3.8, 4) is 11.5 Å². The molecule has 198 valence electrons. The summed E-state index contributed by atoms with van der Waals surface area (Å²) in [6, 6.07) is 26.5. The van der Waals surface area contributed by atoms with Gasteiger partial charge in [-0.25, -0.2) is 10.2 Å². The predicted octanol–water partition coefficient (Wildman–Crippen LogP) is 5.12. The Kier molecular flexibility index (Phi) is 9.39. The van der Waals surface area contributed by atoms with Crippen LogP contribution in [0.2, 0.25) is 0 Å². The van der Waals surface area contributed by atoms with Gasteiger partial charge in [0.2, 0.25) is 0 Å². The normalized spacial score (nSPS) is 10.8. The summed E-state index contributed by atoms with van der Waals surface area (Å²) in [6.07, 6.45) is 3.48. The standard InChI is InChI=1S/C31H29N3O5/c1-2-3-19-38-25-17-13-24(14-18-25)31(37)39-26-15-11-22(12-16-26)20-33-34-29(35)21-32-30(36)28-10-6-8-23-7-4-5-9-27(23)28/h4-18,20H,2-3,19,21H2,1H3,(H,32,36)(H,34,35)/b33-20-. The third-order valence-electron chi connectivity index (χ3n) is 5.79. The van der Waals surface area contributed by atoms with Crippen molar-refractivity contribution < 1.29 is 23.9 Å². The highest BCUT2D eigenvalue weighted by molar-refractivity contribution is 6.07. The Labute approximate surface area is 226 Å². The molecular weight excluding hydrogens is 494 g/mol. The first-order valence-electron chi connectivity index (χ1n) is 12.7. The van der Waals surface area contributed by atoms with Crippen molar-refractivity contribution in [1.82, 2.24) is 10.7 Å². The molecule has 8 nitrogen and oxygen atoms in total. The van der Waals surface area contributed by atoms with Crippen LogP contribution in [0.4, 0.5) is 0 Å². The summed E-state index contributed by atoms with van der Waals surface area (Å²) in [6.45, 7) is 2.51. The molecule has 0 aliphatic rings. The van der Waals surface area contributed by atoms with Gasteiger partial charge in [0.25, 0.3) is 11.8 Å². The lowest BCUT2D eigenvalue weighted by Crippen LogP contribution is -2.35. The molecule has 2 N–H and O–H groups in total. The zero-order valence-electron chi connectivity index (χ0n) is 21.6. The molecule has 0 saturated carbocycles.